The molecule has 1 saturated carbocycles. The Bertz CT molecular complexity index is 940. The lowest BCUT2D eigenvalue weighted by Gasteiger charge is -2.20. The second kappa shape index (κ2) is 6.72. The molecule has 7 heteroatoms. The molecule has 2 aliphatic rings. The van der Waals surface area contributed by atoms with Gasteiger partial charge in [-0.2, -0.15) is 4.68 Å². The highest BCUT2D eigenvalue weighted by atomic mass is 32.1. The highest BCUT2D eigenvalue weighted by Gasteiger charge is 2.33. The molecular weight excluding hydrogens is 362 g/mol. The van der Waals surface area contributed by atoms with E-state index in [4.69, 9.17) is 17.3 Å². The standard InChI is InChI=1S/C19H21N5S2/c25-19-23(13-22-11-1-3-16(22)17-4-2-12-26-17)21-18(24(19)15-5-6-15)14-7-9-20-10-8-14/h2,4,7-10,12,15-16H,1,3,5-6,11,13H2/p+1/t16-/m0/s1. The zero-order valence-electron chi connectivity index (χ0n) is 14.5. The van der Waals surface area contributed by atoms with Crippen molar-refractivity contribution in [2.75, 3.05) is 6.54 Å². The summed E-state index contributed by atoms with van der Waals surface area (Å²) in [6.45, 7) is 2.03. The molecule has 3 aromatic heterocycles. The largest absolute Gasteiger partial charge is 0.309 e. The SMILES string of the molecule is S=c1n(C[NH+]2CCC[C@H]2c2cccs2)nc(-c2ccncc2)n1C1CC1. The lowest BCUT2D eigenvalue weighted by Crippen LogP contribution is -3.09. The second-order valence-electron chi connectivity index (χ2n) is 7.22. The van der Waals surface area contributed by atoms with Crippen molar-refractivity contribution in [1.82, 2.24) is 19.3 Å². The maximum absolute atomic E-state index is 5.84. The Kier molecular flexibility index (Phi) is 4.23. The molecule has 0 amide bonds. The Morgan fingerprint density at radius 1 is 1.19 bits per heavy atom. The predicted molar refractivity (Wildman–Crippen MR) is 105 cm³/mol. The topological polar surface area (TPSA) is 40.1 Å². The van der Waals surface area contributed by atoms with Crippen LogP contribution < -0.4 is 4.90 Å². The van der Waals surface area contributed by atoms with Crippen LogP contribution in [0.1, 0.15) is 42.6 Å². The number of pyridine rings is 1. The third-order valence-corrected chi connectivity index (χ3v) is 6.84. The predicted octanol–water partition coefficient (Wildman–Crippen LogP) is 3.25. The van der Waals surface area contributed by atoms with Crippen LogP contribution in [0.2, 0.25) is 0 Å². The van der Waals surface area contributed by atoms with E-state index in [9.17, 15) is 0 Å². The van der Waals surface area contributed by atoms with Crippen LogP contribution in [-0.2, 0) is 6.67 Å². The van der Waals surface area contributed by atoms with E-state index < -0.39 is 0 Å². The Hall–Kier alpha value is -1.83. The molecule has 134 valence electrons. The highest BCUT2D eigenvalue weighted by Crippen LogP contribution is 2.38. The normalized spacial score (nSPS) is 22.8. The van der Waals surface area contributed by atoms with Crippen molar-refractivity contribution in [3.05, 3.63) is 51.7 Å². The Labute approximate surface area is 161 Å². The van der Waals surface area contributed by atoms with E-state index in [0.29, 0.717) is 12.1 Å². The number of likely N-dealkylation sites (tertiary alicyclic amines) is 1. The van der Waals surface area contributed by atoms with Gasteiger partial charge in [-0.25, -0.2) is 0 Å². The number of nitrogens with one attached hydrogen (secondary N) is 1. The van der Waals surface area contributed by atoms with E-state index in [1.165, 1.54) is 37.1 Å². The number of aromatic nitrogens is 4. The molecule has 1 N–H and O–H groups in total. The molecule has 0 spiro atoms. The summed E-state index contributed by atoms with van der Waals surface area (Å²) < 4.78 is 5.19. The van der Waals surface area contributed by atoms with Crippen molar-refractivity contribution in [2.45, 2.75) is 44.4 Å². The fourth-order valence-electron chi connectivity index (χ4n) is 4.01. The minimum Gasteiger partial charge on any atom is -0.309 e. The molecule has 5 nitrogen and oxygen atoms in total. The van der Waals surface area contributed by atoms with Gasteiger partial charge in [0.1, 0.15) is 6.04 Å². The fourth-order valence-corrected chi connectivity index (χ4v) is 5.27. The summed E-state index contributed by atoms with van der Waals surface area (Å²) in [7, 11) is 0. The van der Waals surface area contributed by atoms with Crippen LogP contribution in [0.25, 0.3) is 11.4 Å². The van der Waals surface area contributed by atoms with Gasteiger partial charge in [0.2, 0.25) is 4.77 Å². The van der Waals surface area contributed by atoms with Gasteiger partial charge in [0.05, 0.1) is 11.4 Å². The Morgan fingerprint density at radius 2 is 2.04 bits per heavy atom. The van der Waals surface area contributed by atoms with Gasteiger partial charge >= 0.3 is 0 Å². The van der Waals surface area contributed by atoms with E-state index >= 15 is 0 Å². The van der Waals surface area contributed by atoms with Gasteiger partial charge in [-0.1, -0.05) is 6.07 Å². The minimum atomic E-state index is 0.515. The van der Waals surface area contributed by atoms with E-state index in [-0.39, 0.29) is 0 Å². The molecule has 2 atom stereocenters. The molecule has 26 heavy (non-hydrogen) atoms. The molecule has 1 saturated heterocycles. The molecule has 2 fully saturated rings. The van der Waals surface area contributed by atoms with Crippen molar-refractivity contribution < 1.29 is 4.90 Å². The van der Waals surface area contributed by atoms with Gasteiger partial charge in [0, 0.05) is 36.8 Å². The third-order valence-electron chi connectivity index (χ3n) is 5.44. The van der Waals surface area contributed by atoms with E-state index in [1.54, 1.807) is 4.90 Å². The number of hydrogen-bond acceptors (Lipinski definition) is 4. The van der Waals surface area contributed by atoms with Crippen molar-refractivity contribution in [3.8, 4) is 11.4 Å². The van der Waals surface area contributed by atoms with Gasteiger partial charge in [0.15, 0.2) is 12.5 Å². The number of rotatable bonds is 5. The summed E-state index contributed by atoms with van der Waals surface area (Å²) in [6.07, 6.45) is 8.58. The minimum absolute atomic E-state index is 0.515. The van der Waals surface area contributed by atoms with E-state index in [2.05, 4.69) is 31.7 Å². The van der Waals surface area contributed by atoms with Crippen molar-refractivity contribution in [1.29, 1.82) is 0 Å². The Balaban J connectivity index is 1.49. The third kappa shape index (κ3) is 2.94. The number of quaternary nitrogens is 1. The first-order valence-corrected chi connectivity index (χ1v) is 10.6. The van der Waals surface area contributed by atoms with Gasteiger partial charge < -0.3 is 4.90 Å². The summed E-state index contributed by atoms with van der Waals surface area (Å²) in [5.74, 6) is 0.992. The molecular formula is C19H22N5S2+. The van der Waals surface area contributed by atoms with Gasteiger partial charge in [0.25, 0.3) is 0 Å². The lowest BCUT2D eigenvalue weighted by molar-refractivity contribution is -0.941. The summed E-state index contributed by atoms with van der Waals surface area (Å²) in [5, 5.41) is 7.13. The zero-order valence-corrected chi connectivity index (χ0v) is 16.2. The monoisotopic (exact) mass is 384 g/mol. The molecule has 4 heterocycles. The van der Waals surface area contributed by atoms with Crippen molar-refractivity contribution in [2.24, 2.45) is 0 Å². The molecule has 0 aromatic carbocycles. The van der Waals surface area contributed by atoms with Crippen LogP contribution in [0.5, 0.6) is 0 Å². The molecule has 0 bridgehead atoms. The smallest absolute Gasteiger partial charge is 0.203 e. The quantitative estimate of drug-likeness (QED) is 0.687. The van der Waals surface area contributed by atoms with Gasteiger partial charge in [-0.05, 0) is 48.6 Å². The molecule has 3 aromatic rings. The molecule has 1 aliphatic heterocycles. The molecule has 0 radical (unpaired) electrons. The number of thiophene rings is 1. The summed E-state index contributed by atoms with van der Waals surface area (Å²) in [4.78, 5) is 7.20. The van der Waals surface area contributed by atoms with Crippen LogP contribution >= 0.6 is 23.6 Å². The zero-order chi connectivity index (χ0) is 17.5. The van der Waals surface area contributed by atoms with Crippen LogP contribution in [0.4, 0.5) is 0 Å². The molecule has 1 unspecified atom stereocenters. The average Bonchev–Trinajstić information content (AvgIpc) is 3.07. The first kappa shape index (κ1) is 16.4. The Morgan fingerprint density at radius 3 is 2.77 bits per heavy atom. The van der Waals surface area contributed by atoms with Crippen LogP contribution in [0, 0.1) is 4.77 Å². The van der Waals surface area contributed by atoms with Gasteiger partial charge in [-0.15, -0.1) is 16.4 Å². The highest BCUT2D eigenvalue weighted by molar-refractivity contribution is 7.71. The molecule has 1 aliphatic carbocycles. The maximum Gasteiger partial charge on any atom is 0.203 e. The van der Waals surface area contributed by atoms with Crippen molar-refractivity contribution in [3.63, 3.8) is 0 Å². The average molecular weight is 385 g/mol. The first-order chi connectivity index (χ1) is 12.8. The lowest BCUT2D eigenvalue weighted by atomic mass is 10.2. The van der Waals surface area contributed by atoms with Gasteiger partial charge in [-0.3, -0.25) is 9.55 Å². The van der Waals surface area contributed by atoms with Crippen molar-refractivity contribution >= 4 is 23.6 Å². The number of hydrogen-bond donors (Lipinski definition) is 1. The summed E-state index contributed by atoms with van der Waals surface area (Å²) in [5.41, 5.74) is 1.10. The molecule has 5 rings (SSSR count). The van der Waals surface area contributed by atoms with Crippen LogP contribution in [0.3, 0.4) is 0 Å². The maximum atomic E-state index is 5.84. The number of nitrogens with zero attached hydrogens (tertiary/aromatic N) is 4. The summed E-state index contributed by atoms with van der Waals surface area (Å²) >= 11 is 7.71. The van der Waals surface area contributed by atoms with Crippen LogP contribution in [0.15, 0.2) is 42.0 Å². The van der Waals surface area contributed by atoms with Crippen LogP contribution in [-0.4, -0.2) is 25.9 Å². The first-order valence-electron chi connectivity index (χ1n) is 9.29. The van der Waals surface area contributed by atoms with E-state index in [1.807, 2.05) is 35.9 Å². The fraction of sp³-hybridized carbons (Fsp3) is 0.421. The summed E-state index contributed by atoms with van der Waals surface area (Å²) in [6, 6.07) is 9.57. The second-order valence-corrected chi connectivity index (χ2v) is 8.56. The van der Waals surface area contributed by atoms with E-state index in [0.717, 1.165) is 22.8 Å².